The molecule has 27 heavy (non-hydrogen) atoms. The van der Waals surface area contributed by atoms with Gasteiger partial charge in [0.05, 0.1) is 19.1 Å². The number of aromatic nitrogens is 2. The molecule has 0 saturated carbocycles. The number of nitrogens with zero attached hydrogens (tertiary/aromatic N) is 2. The number of thiophene rings is 1. The van der Waals surface area contributed by atoms with Gasteiger partial charge in [0.1, 0.15) is 5.75 Å². The summed E-state index contributed by atoms with van der Waals surface area (Å²) in [6, 6.07) is 9.67. The molecule has 0 saturated heterocycles. The first-order chi connectivity index (χ1) is 13.1. The Hall–Kier alpha value is -2.98. The lowest BCUT2D eigenvalue weighted by Crippen LogP contribution is -2.34. The molecule has 140 valence electrons. The van der Waals surface area contributed by atoms with Gasteiger partial charge in [-0.15, -0.1) is 21.5 Å². The van der Waals surface area contributed by atoms with Crippen molar-refractivity contribution >= 4 is 45.4 Å². The van der Waals surface area contributed by atoms with E-state index in [4.69, 9.17) is 9.47 Å². The Kier molecular flexibility index (Phi) is 5.99. The summed E-state index contributed by atoms with van der Waals surface area (Å²) in [7, 11) is 2.85. The number of carbonyl (C=O) groups is 2. The fourth-order valence-corrected chi connectivity index (χ4v) is 3.58. The van der Waals surface area contributed by atoms with Crippen LogP contribution in [0.1, 0.15) is 20.7 Å². The zero-order valence-electron chi connectivity index (χ0n) is 14.5. The van der Waals surface area contributed by atoms with E-state index in [0.717, 1.165) is 22.8 Å². The summed E-state index contributed by atoms with van der Waals surface area (Å²) in [5.74, 6) is -0.257. The second-order valence-electron chi connectivity index (χ2n) is 5.21. The van der Waals surface area contributed by atoms with E-state index in [1.54, 1.807) is 24.6 Å². The molecule has 3 rings (SSSR count). The lowest BCUT2D eigenvalue weighted by Gasteiger charge is -2.12. The number of nitrogens with one attached hydrogen (secondary N) is 2. The summed E-state index contributed by atoms with van der Waals surface area (Å²) < 4.78 is 9.91. The minimum absolute atomic E-state index is 0.322. The number of hydrogen-bond acceptors (Lipinski definition) is 9. The summed E-state index contributed by atoms with van der Waals surface area (Å²) in [4.78, 5) is 24.9. The standard InChI is InChI=1S/C17H16N4O4S2/c1-24-11-7-5-10(6-8-11)18-17-21-20-15(27-17)13(16(23)25-2)19-14(22)12-4-3-9-26-12/h3-9,13H,1-2H3,(H,18,21)(H,19,22). The van der Waals surface area contributed by atoms with Crippen LogP contribution in [-0.4, -0.2) is 36.3 Å². The van der Waals surface area contributed by atoms with Gasteiger partial charge in [0.2, 0.25) is 5.13 Å². The summed E-state index contributed by atoms with van der Waals surface area (Å²) in [5.41, 5.74) is 0.788. The zero-order valence-corrected chi connectivity index (χ0v) is 16.1. The number of anilines is 2. The molecular weight excluding hydrogens is 388 g/mol. The van der Waals surface area contributed by atoms with E-state index in [1.807, 2.05) is 24.3 Å². The van der Waals surface area contributed by atoms with Crippen LogP contribution in [0.3, 0.4) is 0 Å². The molecule has 0 bridgehead atoms. The Labute approximate surface area is 163 Å². The van der Waals surface area contributed by atoms with Gasteiger partial charge < -0.3 is 20.1 Å². The Morgan fingerprint density at radius 1 is 1.11 bits per heavy atom. The normalized spacial score (nSPS) is 11.5. The van der Waals surface area contributed by atoms with Crippen molar-refractivity contribution < 1.29 is 19.1 Å². The van der Waals surface area contributed by atoms with E-state index in [9.17, 15) is 9.59 Å². The predicted molar refractivity (Wildman–Crippen MR) is 103 cm³/mol. The van der Waals surface area contributed by atoms with Crippen molar-refractivity contribution in [3.63, 3.8) is 0 Å². The molecule has 0 fully saturated rings. The first-order valence-electron chi connectivity index (χ1n) is 7.77. The van der Waals surface area contributed by atoms with Crippen LogP contribution < -0.4 is 15.4 Å². The van der Waals surface area contributed by atoms with E-state index in [-0.39, 0.29) is 5.91 Å². The number of rotatable bonds is 7. The molecule has 0 spiro atoms. The molecule has 2 aromatic heterocycles. The third-order valence-electron chi connectivity index (χ3n) is 3.49. The number of benzene rings is 1. The van der Waals surface area contributed by atoms with Crippen LogP contribution in [-0.2, 0) is 9.53 Å². The first-order valence-corrected chi connectivity index (χ1v) is 9.47. The smallest absolute Gasteiger partial charge is 0.335 e. The molecule has 0 radical (unpaired) electrons. The van der Waals surface area contributed by atoms with Gasteiger partial charge in [-0.25, -0.2) is 4.79 Å². The van der Waals surface area contributed by atoms with Crippen molar-refractivity contribution in [3.05, 3.63) is 51.7 Å². The van der Waals surface area contributed by atoms with Gasteiger partial charge in [0.15, 0.2) is 11.0 Å². The molecule has 8 nitrogen and oxygen atoms in total. The van der Waals surface area contributed by atoms with E-state index in [1.165, 1.54) is 18.4 Å². The van der Waals surface area contributed by atoms with Gasteiger partial charge in [-0.05, 0) is 35.7 Å². The number of hydrogen-bond donors (Lipinski definition) is 2. The number of ether oxygens (including phenoxy) is 2. The van der Waals surface area contributed by atoms with Crippen LogP contribution in [0.25, 0.3) is 0 Å². The van der Waals surface area contributed by atoms with Crippen molar-refractivity contribution in [2.24, 2.45) is 0 Å². The SMILES string of the molecule is COC(=O)C(NC(=O)c1cccs1)c1nnc(Nc2ccc(OC)cc2)s1. The fourth-order valence-electron chi connectivity index (χ4n) is 2.15. The topological polar surface area (TPSA) is 102 Å². The summed E-state index contributed by atoms with van der Waals surface area (Å²) in [5, 5.41) is 16.4. The molecule has 1 unspecified atom stereocenters. The van der Waals surface area contributed by atoms with Gasteiger partial charge in [-0.1, -0.05) is 17.4 Å². The number of methoxy groups -OCH3 is 2. The van der Waals surface area contributed by atoms with Gasteiger partial charge in [0.25, 0.3) is 5.91 Å². The Morgan fingerprint density at radius 3 is 2.52 bits per heavy atom. The summed E-state index contributed by atoms with van der Waals surface area (Å²) >= 11 is 2.43. The van der Waals surface area contributed by atoms with E-state index in [0.29, 0.717) is 15.0 Å². The minimum Gasteiger partial charge on any atom is -0.497 e. The number of carbonyl (C=O) groups excluding carboxylic acids is 2. The van der Waals surface area contributed by atoms with Crippen LogP contribution in [0.15, 0.2) is 41.8 Å². The second-order valence-corrected chi connectivity index (χ2v) is 7.16. The monoisotopic (exact) mass is 404 g/mol. The van der Waals surface area contributed by atoms with Crippen LogP contribution in [0, 0.1) is 0 Å². The molecule has 1 amide bonds. The highest BCUT2D eigenvalue weighted by Gasteiger charge is 2.28. The molecule has 2 heterocycles. The zero-order chi connectivity index (χ0) is 19.2. The van der Waals surface area contributed by atoms with Gasteiger partial charge >= 0.3 is 5.97 Å². The van der Waals surface area contributed by atoms with Crippen LogP contribution in [0.4, 0.5) is 10.8 Å². The van der Waals surface area contributed by atoms with Crippen molar-refractivity contribution in [1.82, 2.24) is 15.5 Å². The third kappa shape index (κ3) is 4.60. The Bertz CT molecular complexity index is 909. The molecule has 2 N–H and O–H groups in total. The Morgan fingerprint density at radius 2 is 1.89 bits per heavy atom. The van der Waals surface area contributed by atoms with Crippen molar-refractivity contribution in [2.45, 2.75) is 6.04 Å². The highest BCUT2D eigenvalue weighted by Crippen LogP contribution is 2.27. The van der Waals surface area contributed by atoms with E-state index >= 15 is 0 Å². The van der Waals surface area contributed by atoms with Crippen LogP contribution in [0.5, 0.6) is 5.75 Å². The minimum atomic E-state index is -1.03. The lowest BCUT2D eigenvalue weighted by atomic mass is 10.3. The predicted octanol–water partition coefficient (Wildman–Crippen LogP) is 3.00. The largest absolute Gasteiger partial charge is 0.497 e. The second kappa shape index (κ2) is 8.60. The Balaban J connectivity index is 1.75. The average molecular weight is 404 g/mol. The van der Waals surface area contributed by atoms with E-state index in [2.05, 4.69) is 20.8 Å². The number of esters is 1. The van der Waals surface area contributed by atoms with Crippen molar-refractivity contribution in [3.8, 4) is 5.75 Å². The highest BCUT2D eigenvalue weighted by molar-refractivity contribution is 7.15. The summed E-state index contributed by atoms with van der Waals surface area (Å²) in [6.07, 6.45) is 0. The third-order valence-corrected chi connectivity index (χ3v) is 5.26. The fraction of sp³-hybridized carbons (Fsp3) is 0.176. The van der Waals surface area contributed by atoms with Crippen molar-refractivity contribution in [1.29, 1.82) is 0 Å². The summed E-state index contributed by atoms with van der Waals surface area (Å²) in [6.45, 7) is 0. The van der Waals surface area contributed by atoms with Crippen molar-refractivity contribution in [2.75, 3.05) is 19.5 Å². The maximum Gasteiger partial charge on any atom is 0.335 e. The molecule has 0 aliphatic carbocycles. The molecule has 1 aromatic carbocycles. The first kappa shape index (κ1) is 18.8. The quantitative estimate of drug-likeness (QED) is 0.584. The van der Waals surface area contributed by atoms with Gasteiger partial charge in [-0.2, -0.15) is 0 Å². The van der Waals surface area contributed by atoms with Gasteiger partial charge in [0, 0.05) is 5.69 Å². The highest BCUT2D eigenvalue weighted by atomic mass is 32.1. The van der Waals surface area contributed by atoms with Crippen LogP contribution >= 0.6 is 22.7 Å². The molecule has 0 aliphatic rings. The van der Waals surface area contributed by atoms with Gasteiger partial charge in [-0.3, -0.25) is 4.79 Å². The maximum absolute atomic E-state index is 12.3. The maximum atomic E-state index is 12.3. The molecule has 3 aromatic rings. The molecular formula is C17H16N4O4S2. The van der Waals surface area contributed by atoms with E-state index < -0.39 is 12.0 Å². The molecule has 0 aliphatic heterocycles. The lowest BCUT2D eigenvalue weighted by molar-refractivity contribution is -0.143. The number of amides is 1. The molecule has 1 atom stereocenters. The average Bonchev–Trinajstić information content (AvgIpc) is 3.38. The van der Waals surface area contributed by atoms with Crippen LogP contribution in [0.2, 0.25) is 0 Å². The molecule has 10 heteroatoms.